The first-order chi connectivity index (χ1) is 2.94. The summed E-state index contributed by atoms with van der Waals surface area (Å²) >= 11 is 0. The topological polar surface area (TPSA) is 0 Å². The van der Waals surface area contributed by atoms with E-state index in [1.165, 1.54) is 5.92 Å². The molecule has 0 nitrogen and oxygen atoms in total. The maximum atomic E-state index is 2.22. The minimum atomic E-state index is 0. The summed E-state index contributed by atoms with van der Waals surface area (Å²) in [7, 11) is 0. The third kappa shape index (κ3) is 5.24. The number of hydrogen-bond donors (Lipinski definition) is 0. The molecule has 0 N–H and O–H groups in total. The molecule has 0 aromatic rings. The van der Waals surface area contributed by atoms with Gasteiger partial charge >= 0.3 is 0 Å². The first kappa shape index (κ1) is 11.8. The average Bonchev–Trinajstić information content (AvgIpc) is 1.31. The third-order valence-electron chi connectivity index (χ3n) is 1.50. The maximum absolute atomic E-state index is 2.22. The molecule has 0 amide bonds. The number of hydrogen-bond acceptors (Lipinski definition) is 0. The molecule has 0 atom stereocenters. The monoisotopic (exact) mass is 188 g/mol. The molecular weight excluding hydrogens is 173 g/mol. The molecule has 0 bridgehead atoms. The molecule has 0 spiro atoms. The summed E-state index contributed by atoms with van der Waals surface area (Å²) in [4.78, 5) is 0. The molecule has 0 fully saturated rings. The minimum absolute atomic E-state index is 0. The van der Waals surface area contributed by atoms with Gasteiger partial charge in [-0.1, -0.05) is 20.8 Å². The van der Waals surface area contributed by atoms with Gasteiger partial charge in [-0.05, 0) is 0 Å². The Morgan fingerprint density at radius 1 is 1.00 bits per heavy atom. The van der Waals surface area contributed by atoms with Crippen molar-refractivity contribution in [3.63, 3.8) is 0 Å². The molecule has 0 saturated heterocycles. The SMILES string of the molecule is C[C-](C)C(C)(C)C.[Y]. The van der Waals surface area contributed by atoms with Gasteiger partial charge in [0, 0.05) is 32.7 Å². The predicted molar refractivity (Wildman–Crippen MR) is 34.0 cm³/mol. The van der Waals surface area contributed by atoms with E-state index in [0.29, 0.717) is 5.41 Å². The van der Waals surface area contributed by atoms with Gasteiger partial charge in [-0.15, -0.1) is 0 Å². The van der Waals surface area contributed by atoms with Crippen molar-refractivity contribution in [1.29, 1.82) is 0 Å². The van der Waals surface area contributed by atoms with Crippen LogP contribution in [0.25, 0.3) is 0 Å². The second-order valence-corrected chi connectivity index (χ2v) is 3.25. The summed E-state index contributed by atoms with van der Waals surface area (Å²) in [6.45, 7) is 11.0. The molecule has 8 heavy (non-hydrogen) atoms. The fourth-order valence-corrected chi connectivity index (χ4v) is 0. The Kier molecular flexibility index (Phi) is 5.93. The summed E-state index contributed by atoms with van der Waals surface area (Å²) < 4.78 is 0. The number of rotatable bonds is 0. The summed E-state index contributed by atoms with van der Waals surface area (Å²) in [5.41, 5.74) is 0.417. The molecule has 47 valence electrons. The van der Waals surface area contributed by atoms with E-state index in [1.807, 2.05) is 0 Å². The zero-order valence-electron chi connectivity index (χ0n) is 6.58. The van der Waals surface area contributed by atoms with Gasteiger partial charge in [0.2, 0.25) is 0 Å². The molecule has 0 saturated carbocycles. The van der Waals surface area contributed by atoms with Crippen LogP contribution in [-0.4, -0.2) is 0 Å². The van der Waals surface area contributed by atoms with Gasteiger partial charge in [-0.3, -0.25) is 0 Å². The van der Waals surface area contributed by atoms with Crippen LogP contribution in [0.4, 0.5) is 0 Å². The van der Waals surface area contributed by atoms with E-state index in [2.05, 4.69) is 34.6 Å². The summed E-state index contributed by atoms with van der Waals surface area (Å²) in [6, 6.07) is 0. The summed E-state index contributed by atoms with van der Waals surface area (Å²) in [5.74, 6) is 1.49. The summed E-state index contributed by atoms with van der Waals surface area (Å²) in [6.07, 6.45) is 0. The standard InChI is InChI=1S/C7H15.Y/c1-6(2)7(3,4)5;/h1-5H3;/q-1;. The molecule has 0 heterocycles. The molecule has 0 unspecified atom stereocenters. The first-order valence-electron chi connectivity index (χ1n) is 2.75. The molecular formula is C7H15Y-. The second kappa shape index (κ2) is 4.01. The Labute approximate surface area is 78.3 Å². The van der Waals surface area contributed by atoms with Crippen molar-refractivity contribution in [2.45, 2.75) is 34.6 Å². The third-order valence-corrected chi connectivity index (χ3v) is 1.50. The van der Waals surface area contributed by atoms with Crippen LogP contribution in [0.5, 0.6) is 0 Å². The fourth-order valence-electron chi connectivity index (χ4n) is 0. The van der Waals surface area contributed by atoms with Crippen molar-refractivity contribution in [3.05, 3.63) is 5.92 Å². The van der Waals surface area contributed by atoms with Gasteiger partial charge in [-0.25, -0.2) is 0 Å². The second-order valence-electron chi connectivity index (χ2n) is 3.25. The Morgan fingerprint density at radius 2 is 1.12 bits per heavy atom. The predicted octanol–water partition coefficient (Wildman–Crippen LogP) is 2.64. The van der Waals surface area contributed by atoms with Crippen LogP contribution in [0.2, 0.25) is 0 Å². The van der Waals surface area contributed by atoms with Gasteiger partial charge in [0.25, 0.3) is 0 Å². The zero-order valence-corrected chi connectivity index (χ0v) is 9.42. The van der Waals surface area contributed by atoms with Crippen molar-refractivity contribution in [2.24, 2.45) is 5.41 Å². The molecule has 1 radical (unpaired) electrons. The van der Waals surface area contributed by atoms with Crippen LogP contribution in [0, 0.1) is 11.3 Å². The van der Waals surface area contributed by atoms with Gasteiger partial charge in [-0.2, -0.15) is 19.3 Å². The van der Waals surface area contributed by atoms with Crippen molar-refractivity contribution in [2.75, 3.05) is 0 Å². The van der Waals surface area contributed by atoms with Crippen molar-refractivity contribution >= 4 is 0 Å². The van der Waals surface area contributed by atoms with E-state index in [-0.39, 0.29) is 32.7 Å². The van der Waals surface area contributed by atoms with E-state index in [4.69, 9.17) is 0 Å². The quantitative estimate of drug-likeness (QED) is 0.512. The van der Waals surface area contributed by atoms with E-state index < -0.39 is 0 Å². The summed E-state index contributed by atoms with van der Waals surface area (Å²) in [5, 5.41) is 0. The normalized spacial score (nSPS) is 11.2. The molecule has 0 aliphatic carbocycles. The van der Waals surface area contributed by atoms with Crippen LogP contribution in [0.1, 0.15) is 34.6 Å². The Morgan fingerprint density at radius 3 is 1.12 bits per heavy atom. The van der Waals surface area contributed by atoms with Crippen LogP contribution in [-0.2, 0) is 32.7 Å². The fraction of sp³-hybridized carbons (Fsp3) is 0.857. The van der Waals surface area contributed by atoms with Crippen LogP contribution >= 0.6 is 0 Å². The van der Waals surface area contributed by atoms with Crippen molar-refractivity contribution in [1.82, 2.24) is 0 Å². The van der Waals surface area contributed by atoms with E-state index in [9.17, 15) is 0 Å². The minimum Gasteiger partial charge on any atom is -0.314 e. The molecule has 0 rings (SSSR count). The van der Waals surface area contributed by atoms with Crippen LogP contribution < -0.4 is 0 Å². The van der Waals surface area contributed by atoms with Crippen LogP contribution in [0.15, 0.2) is 0 Å². The van der Waals surface area contributed by atoms with E-state index in [0.717, 1.165) is 0 Å². The largest absolute Gasteiger partial charge is 0.314 e. The van der Waals surface area contributed by atoms with Crippen LogP contribution in [0.3, 0.4) is 0 Å². The molecule has 0 aromatic heterocycles. The van der Waals surface area contributed by atoms with Gasteiger partial charge in [0.15, 0.2) is 0 Å². The Hall–Kier alpha value is 1.10. The molecule has 0 aromatic carbocycles. The molecule has 0 aliphatic rings. The molecule has 1 heteroatoms. The first-order valence-corrected chi connectivity index (χ1v) is 2.75. The van der Waals surface area contributed by atoms with Gasteiger partial charge < -0.3 is 5.92 Å². The maximum Gasteiger partial charge on any atom is 0 e. The van der Waals surface area contributed by atoms with E-state index in [1.54, 1.807) is 0 Å². The zero-order chi connectivity index (χ0) is 6.08. The van der Waals surface area contributed by atoms with Crippen molar-refractivity contribution in [3.8, 4) is 0 Å². The smallest absolute Gasteiger partial charge is 0 e. The van der Waals surface area contributed by atoms with Crippen molar-refractivity contribution < 1.29 is 32.7 Å². The Bertz CT molecular complexity index is 49.9. The van der Waals surface area contributed by atoms with Gasteiger partial charge in [0.1, 0.15) is 0 Å². The Balaban J connectivity index is 0. The van der Waals surface area contributed by atoms with E-state index >= 15 is 0 Å². The van der Waals surface area contributed by atoms with Gasteiger partial charge in [0.05, 0.1) is 0 Å². The molecule has 0 aliphatic heterocycles. The average molecular weight is 188 g/mol.